The highest BCUT2D eigenvalue weighted by molar-refractivity contribution is 7.12. The summed E-state index contributed by atoms with van der Waals surface area (Å²) in [6, 6.07) is 10.4. The molecule has 4 nitrogen and oxygen atoms in total. The van der Waals surface area contributed by atoms with Crippen LogP contribution in [-0.2, 0) is 17.8 Å². The molecular weight excluding hydrogens is 274 g/mol. The second-order valence-electron chi connectivity index (χ2n) is 4.74. The monoisotopic (exact) mass is 287 g/mol. The molecule has 0 spiro atoms. The topological polar surface area (TPSA) is 57.6 Å². The van der Waals surface area contributed by atoms with E-state index in [4.69, 9.17) is 0 Å². The zero-order chi connectivity index (χ0) is 14.1. The fraction of sp³-hybridized carbons (Fsp3) is 0.200. The van der Waals surface area contributed by atoms with Gasteiger partial charge in [-0.15, -0.1) is 11.3 Å². The minimum Gasteiger partial charge on any atom is -0.480 e. The summed E-state index contributed by atoms with van der Waals surface area (Å²) in [5.74, 6) is -1.16. The van der Waals surface area contributed by atoms with Crippen LogP contribution in [0.15, 0.2) is 41.8 Å². The highest BCUT2D eigenvalue weighted by Gasteiger charge is 2.35. The Hall–Kier alpha value is -2.14. The molecule has 1 unspecified atom stereocenters. The van der Waals surface area contributed by atoms with Crippen LogP contribution in [0.1, 0.15) is 20.8 Å². The van der Waals surface area contributed by atoms with E-state index in [1.54, 1.807) is 12.1 Å². The van der Waals surface area contributed by atoms with Gasteiger partial charge in [-0.25, -0.2) is 4.79 Å². The molecule has 3 rings (SSSR count). The molecule has 20 heavy (non-hydrogen) atoms. The quantitative estimate of drug-likeness (QED) is 0.922. The van der Waals surface area contributed by atoms with Gasteiger partial charge in [-0.1, -0.05) is 30.3 Å². The Morgan fingerprint density at radius 1 is 1.15 bits per heavy atom. The molecular formula is C15H13NO3S. The number of aliphatic carboxylic acids is 1. The highest BCUT2D eigenvalue weighted by Crippen LogP contribution is 2.26. The summed E-state index contributed by atoms with van der Waals surface area (Å²) in [5.41, 5.74) is 2.03. The molecule has 1 aliphatic rings. The van der Waals surface area contributed by atoms with Crippen LogP contribution >= 0.6 is 11.3 Å². The summed E-state index contributed by atoms with van der Waals surface area (Å²) in [5, 5.41) is 11.2. The van der Waals surface area contributed by atoms with E-state index >= 15 is 0 Å². The van der Waals surface area contributed by atoms with E-state index in [9.17, 15) is 14.7 Å². The van der Waals surface area contributed by atoms with Crippen molar-refractivity contribution in [3.63, 3.8) is 0 Å². The molecule has 0 bridgehead atoms. The van der Waals surface area contributed by atoms with Gasteiger partial charge in [-0.3, -0.25) is 4.79 Å². The van der Waals surface area contributed by atoms with Gasteiger partial charge in [0.2, 0.25) is 0 Å². The van der Waals surface area contributed by atoms with Gasteiger partial charge in [-0.05, 0) is 22.6 Å². The molecule has 0 saturated heterocycles. The molecule has 0 saturated carbocycles. The lowest BCUT2D eigenvalue weighted by Crippen LogP contribution is -2.48. The lowest BCUT2D eigenvalue weighted by molar-refractivity contribution is -0.142. The van der Waals surface area contributed by atoms with Gasteiger partial charge < -0.3 is 10.0 Å². The third-order valence-corrected chi connectivity index (χ3v) is 4.38. The van der Waals surface area contributed by atoms with Crippen molar-refractivity contribution in [2.45, 2.75) is 19.0 Å². The zero-order valence-electron chi connectivity index (χ0n) is 10.7. The third kappa shape index (κ3) is 2.20. The maximum atomic E-state index is 12.5. The Kier molecular flexibility index (Phi) is 3.28. The number of rotatable bonds is 2. The van der Waals surface area contributed by atoms with Crippen LogP contribution in [-0.4, -0.2) is 27.9 Å². The Labute approximate surface area is 120 Å². The van der Waals surface area contributed by atoms with E-state index in [0.717, 1.165) is 11.1 Å². The first-order chi connectivity index (χ1) is 9.66. The van der Waals surface area contributed by atoms with E-state index in [-0.39, 0.29) is 5.91 Å². The maximum Gasteiger partial charge on any atom is 0.326 e. The Morgan fingerprint density at radius 3 is 2.55 bits per heavy atom. The van der Waals surface area contributed by atoms with Gasteiger partial charge in [-0.2, -0.15) is 0 Å². The van der Waals surface area contributed by atoms with Crippen molar-refractivity contribution in [3.05, 3.63) is 57.8 Å². The van der Waals surface area contributed by atoms with E-state index in [1.807, 2.05) is 29.6 Å². The van der Waals surface area contributed by atoms with Crippen LogP contribution in [0.2, 0.25) is 0 Å². The van der Waals surface area contributed by atoms with E-state index in [2.05, 4.69) is 0 Å². The molecule has 1 aromatic carbocycles. The smallest absolute Gasteiger partial charge is 0.326 e. The summed E-state index contributed by atoms with van der Waals surface area (Å²) < 4.78 is 0. The van der Waals surface area contributed by atoms with E-state index < -0.39 is 12.0 Å². The fourth-order valence-corrected chi connectivity index (χ4v) is 3.18. The number of benzene rings is 1. The first-order valence-electron chi connectivity index (χ1n) is 6.31. The number of hydrogen-bond acceptors (Lipinski definition) is 3. The zero-order valence-corrected chi connectivity index (χ0v) is 11.5. The number of fused-ring (bicyclic) bond motifs is 1. The molecule has 1 amide bonds. The summed E-state index contributed by atoms with van der Waals surface area (Å²) >= 11 is 1.34. The fourth-order valence-electron chi connectivity index (χ4n) is 2.50. The molecule has 5 heteroatoms. The number of nitrogens with zero attached hydrogens (tertiary/aromatic N) is 1. The molecule has 0 fully saturated rings. The Bertz CT molecular complexity index is 651. The minimum absolute atomic E-state index is 0.207. The number of thiophene rings is 1. The van der Waals surface area contributed by atoms with Gasteiger partial charge in [0.1, 0.15) is 6.04 Å². The van der Waals surface area contributed by atoms with E-state index in [0.29, 0.717) is 17.8 Å². The van der Waals surface area contributed by atoms with Gasteiger partial charge in [0.15, 0.2) is 0 Å². The van der Waals surface area contributed by atoms with E-state index in [1.165, 1.54) is 16.2 Å². The lowest BCUT2D eigenvalue weighted by atomic mass is 9.94. The van der Waals surface area contributed by atoms with Crippen LogP contribution in [0.25, 0.3) is 0 Å². The van der Waals surface area contributed by atoms with Gasteiger partial charge in [0.05, 0.1) is 4.88 Å². The second kappa shape index (κ2) is 5.09. The third-order valence-electron chi connectivity index (χ3n) is 3.53. The maximum absolute atomic E-state index is 12.5. The number of carboxylic acid groups (broad SMARTS) is 1. The molecule has 1 aromatic heterocycles. The van der Waals surface area contributed by atoms with Crippen molar-refractivity contribution in [2.24, 2.45) is 0 Å². The van der Waals surface area contributed by atoms with Crippen molar-refractivity contribution in [1.82, 2.24) is 4.90 Å². The summed E-state index contributed by atoms with van der Waals surface area (Å²) in [6.45, 7) is 0.351. The standard InChI is InChI=1S/C15H13NO3S/c17-14(13-6-3-7-20-13)16-9-11-5-2-1-4-10(11)8-12(16)15(18)19/h1-7,12H,8-9H2,(H,18,19). The molecule has 1 aliphatic heterocycles. The summed E-state index contributed by atoms with van der Waals surface area (Å²) in [6.07, 6.45) is 0.364. The summed E-state index contributed by atoms with van der Waals surface area (Å²) in [4.78, 5) is 26.0. The Morgan fingerprint density at radius 2 is 1.90 bits per heavy atom. The summed E-state index contributed by atoms with van der Waals surface area (Å²) in [7, 11) is 0. The molecule has 2 aromatic rings. The van der Waals surface area contributed by atoms with Gasteiger partial charge >= 0.3 is 5.97 Å². The van der Waals surface area contributed by atoms with Crippen LogP contribution < -0.4 is 0 Å². The van der Waals surface area contributed by atoms with Crippen molar-refractivity contribution < 1.29 is 14.7 Å². The predicted octanol–water partition coefficient (Wildman–Crippen LogP) is 2.40. The minimum atomic E-state index is -0.954. The van der Waals surface area contributed by atoms with Crippen LogP contribution in [0.4, 0.5) is 0 Å². The first kappa shape index (κ1) is 12.9. The molecule has 102 valence electrons. The first-order valence-corrected chi connectivity index (χ1v) is 7.19. The Balaban J connectivity index is 1.96. The van der Waals surface area contributed by atoms with Crippen molar-refractivity contribution in [1.29, 1.82) is 0 Å². The van der Waals surface area contributed by atoms with Crippen LogP contribution in [0.5, 0.6) is 0 Å². The molecule has 0 aliphatic carbocycles. The molecule has 0 radical (unpaired) electrons. The number of carboxylic acids is 1. The number of hydrogen-bond donors (Lipinski definition) is 1. The van der Waals surface area contributed by atoms with Crippen LogP contribution in [0, 0.1) is 0 Å². The second-order valence-corrected chi connectivity index (χ2v) is 5.68. The van der Waals surface area contributed by atoms with Crippen molar-refractivity contribution in [3.8, 4) is 0 Å². The average molecular weight is 287 g/mol. The molecule has 1 N–H and O–H groups in total. The van der Waals surface area contributed by atoms with Crippen molar-refractivity contribution in [2.75, 3.05) is 0 Å². The predicted molar refractivity (Wildman–Crippen MR) is 75.8 cm³/mol. The van der Waals surface area contributed by atoms with Gasteiger partial charge in [0, 0.05) is 13.0 Å². The normalized spacial score (nSPS) is 17.6. The molecule has 1 atom stereocenters. The van der Waals surface area contributed by atoms with Crippen molar-refractivity contribution >= 4 is 23.2 Å². The molecule has 2 heterocycles. The number of carbonyl (C=O) groups excluding carboxylic acids is 1. The van der Waals surface area contributed by atoms with Crippen LogP contribution in [0.3, 0.4) is 0 Å². The highest BCUT2D eigenvalue weighted by atomic mass is 32.1. The number of amides is 1. The SMILES string of the molecule is O=C(O)C1Cc2ccccc2CN1C(=O)c1cccs1. The van der Waals surface area contributed by atoms with Gasteiger partial charge in [0.25, 0.3) is 5.91 Å². The lowest BCUT2D eigenvalue weighted by Gasteiger charge is -2.34. The largest absolute Gasteiger partial charge is 0.480 e. The average Bonchev–Trinajstić information content (AvgIpc) is 2.99. The number of carbonyl (C=O) groups is 2.